The van der Waals surface area contributed by atoms with Crippen molar-refractivity contribution in [1.82, 2.24) is 5.32 Å². The van der Waals surface area contributed by atoms with Crippen molar-refractivity contribution in [3.05, 3.63) is 35.9 Å². The molecule has 1 aromatic carbocycles. The number of hydrogen-bond acceptors (Lipinski definition) is 3. The van der Waals surface area contributed by atoms with Gasteiger partial charge in [0.2, 0.25) is 0 Å². The van der Waals surface area contributed by atoms with Crippen LogP contribution in [0.15, 0.2) is 30.3 Å². The summed E-state index contributed by atoms with van der Waals surface area (Å²) >= 11 is 1.92. The minimum atomic E-state index is 0.180. The number of rotatable bonds is 8. The van der Waals surface area contributed by atoms with Crippen LogP contribution in [0.4, 0.5) is 0 Å². The standard InChI is InChI=1S/C13H21NOS/c1-2-16-9-8-14-13(11-15)10-12-6-4-3-5-7-12/h3-7,13-15H,2,8-11H2,1H3. The number of aliphatic hydroxyl groups is 1. The Morgan fingerprint density at radius 2 is 2.06 bits per heavy atom. The number of benzene rings is 1. The lowest BCUT2D eigenvalue weighted by Gasteiger charge is -2.16. The summed E-state index contributed by atoms with van der Waals surface area (Å²) in [6, 6.07) is 10.5. The fourth-order valence-corrected chi connectivity index (χ4v) is 2.13. The molecule has 16 heavy (non-hydrogen) atoms. The zero-order valence-corrected chi connectivity index (χ0v) is 10.7. The average molecular weight is 239 g/mol. The molecule has 0 aliphatic heterocycles. The Kier molecular flexibility index (Phi) is 7.30. The highest BCUT2D eigenvalue weighted by molar-refractivity contribution is 7.99. The van der Waals surface area contributed by atoms with Gasteiger partial charge in [0.05, 0.1) is 6.61 Å². The van der Waals surface area contributed by atoms with Crippen molar-refractivity contribution in [3.8, 4) is 0 Å². The summed E-state index contributed by atoms with van der Waals surface area (Å²) in [4.78, 5) is 0. The molecule has 0 aliphatic rings. The van der Waals surface area contributed by atoms with Crippen molar-refractivity contribution in [3.63, 3.8) is 0 Å². The van der Waals surface area contributed by atoms with Crippen LogP contribution in [0.2, 0.25) is 0 Å². The number of nitrogens with one attached hydrogen (secondary N) is 1. The summed E-state index contributed by atoms with van der Waals surface area (Å²) in [6.07, 6.45) is 0.897. The Balaban J connectivity index is 2.26. The van der Waals surface area contributed by atoms with E-state index in [0.29, 0.717) is 0 Å². The molecule has 90 valence electrons. The summed E-state index contributed by atoms with van der Waals surface area (Å²) in [5, 5.41) is 12.7. The Morgan fingerprint density at radius 3 is 2.69 bits per heavy atom. The van der Waals surface area contributed by atoms with Gasteiger partial charge >= 0.3 is 0 Å². The van der Waals surface area contributed by atoms with Crippen molar-refractivity contribution in [2.24, 2.45) is 0 Å². The van der Waals surface area contributed by atoms with E-state index in [0.717, 1.165) is 24.5 Å². The van der Waals surface area contributed by atoms with Crippen molar-refractivity contribution < 1.29 is 5.11 Å². The van der Waals surface area contributed by atoms with E-state index in [1.807, 2.05) is 30.0 Å². The first-order valence-corrected chi connectivity index (χ1v) is 6.98. The number of aliphatic hydroxyl groups excluding tert-OH is 1. The summed E-state index contributed by atoms with van der Waals surface area (Å²) in [6.45, 7) is 3.33. The van der Waals surface area contributed by atoms with Gasteiger partial charge in [0, 0.05) is 18.3 Å². The van der Waals surface area contributed by atoms with Crippen LogP contribution in [0.25, 0.3) is 0 Å². The zero-order chi connectivity index (χ0) is 11.6. The third-order valence-corrected chi connectivity index (χ3v) is 3.33. The topological polar surface area (TPSA) is 32.3 Å². The van der Waals surface area contributed by atoms with E-state index >= 15 is 0 Å². The van der Waals surface area contributed by atoms with E-state index in [4.69, 9.17) is 0 Å². The Bertz CT molecular complexity index is 266. The second-order valence-electron chi connectivity index (χ2n) is 3.72. The molecule has 1 unspecified atom stereocenters. The molecular weight excluding hydrogens is 218 g/mol. The molecule has 2 nitrogen and oxygen atoms in total. The maximum atomic E-state index is 9.27. The van der Waals surface area contributed by atoms with Crippen LogP contribution in [0.5, 0.6) is 0 Å². The molecule has 0 saturated heterocycles. The molecule has 0 aliphatic carbocycles. The predicted molar refractivity (Wildman–Crippen MR) is 72.0 cm³/mol. The molecule has 0 amide bonds. The highest BCUT2D eigenvalue weighted by Gasteiger charge is 2.06. The Labute approximate surface area is 102 Å². The molecule has 0 aromatic heterocycles. The Morgan fingerprint density at radius 1 is 1.31 bits per heavy atom. The normalized spacial score (nSPS) is 12.6. The van der Waals surface area contributed by atoms with E-state index in [9.17, 15) is 5.11 Å². The lowest BCUT2D eigenvalue weighted by Crippen LogP contribution is -2.35. The third kappa shape index (κ3) is 5.54. The van der Waals surface area contributed by atoms with Crippen molar-refractivity contribution in [1.29, 1.82) is 0 Å². The van der Waals surface area contributed by atoms with E-state index in [-0.39, 0.29) is 12.6 Å². The molecule has 1 aromatic rings. The van der Waals surface area contributed by atoms with Crippen LogP contribution < -0.4 is 5.32 Å². The lowest BCUT2D eigenvalue weighted by molar-refractivity contribution is 0.244. The second kappa shape index (κ2) is 8.62. The van der Waals surface area contributed by atoms with E-state index in [1.54, 1.807) is 0 Å². The fourth-order valence-electron chi connectivity index (χ4n) is 1.58. The van der Waals surface area contributed by atoms with Gasteiger partial charge in [-0.3, -0.25) is 0 Å². The molecule has 0 saturated carbocycles. The molecule has 0 fully saturated rings. The smallest absolute Gasteiger partial charge is 0.0587 e. The minimum Gasteiger partial charge on any atom is -0.395 e. The van der Waals surface area contributed by atoms with Gasteiger partial charge in [0.1, 0.15) is 0 Å². The monoisotopic (exact) mass is 239 g/mol. The van der Waals surface area contributed by atoms with Crippen LogP contribution in [0.1, 0.15) is 12.5 Å². The van der Waals surface area contributed by atoms with Crippen LogP contribution in [0, 0.1) is 0 Å². The average Bonchev–Trinajstić information content (AvgIpc) is 2.34. The highest BCUT2D eigenvalue weighted by atomic mass is 32.2. The van der Waals surface area contributed by atoms with Gasteiger partial charge in [-0.1, -0.05) is 37.3 Å². The van der Waals surface area contributed by atoms with Crippen LogP contribution >= 0.6 is 11.8 Å². The van der Waals surface area contributed by atoms with Crippen molar-refractivity contribution >= 4 is 11.8 Å². The van der Waals surface area contributed by atoms with Crippen LogP contribution in [-0.2, 0) is 6.42 Å². The number of thioether (sulfide) groups is 1. The van der Waals surface area contributed by atoms with Crippen LogP contribution in [0.3, 0.4) is 0 Å². The quantitative estimate of drug-likeness (QED) is 0.680. The molecule has 0 radical (unpaired) electrons. The molecule has 1 atom stereocenters. The van der Waals surface area contributed by atoms with Crippen LogP contribution in [-0.4, -0.2) is 35.8 Å². The maximum Gasteiger partial charge on any atom is 0.0587 e. The first kappa shape index (κ1) is 13.6. The van der Waals surface area contributed by atoms with E-state index < -0.39 is 0 Å². The lowest BCUT2D eigenvalue weighted by atomic mass is 10.1. The van der Waals surface area contributed by atoms with Gasteiger partial charge in [-0.2, -0.15) is 11.8 Å². The van der Waals surface area contributed by atoms with Gasteiger partial charge in [-0.25, -0.2) is 0 Å². The van der Waals surface area contributed by atoms with E-state index in [2.05, 4.69) is 24.4 Å². The predicted octanol–water partition coefficient (Wildman–Crippen LogP) is 1.93. The van der Waals surface area contributed by atoms with Crippen molar-refractivity contribution in [2.45, 2.75) is 19.4 Å². The molecule has 0 bridgehead atoms. The minimum absolute atomic E-state index is 0.180. The van der Waals surface area contributed by atoms with Crippen molar-refractivity contribution in [2.75, 3.05) is 24.7 Å². The zero-order valence-electron chi connectivity index (χ0n) is 9.86. The molecule has 3 heteroatoms. The fraction of sp³-hybridized carbons (Fsp3) is 0.538. The molecule has 0 spiro atoms. The first-order chi connectivity index (χ1) is 7.86. The molecule has 1 rings (SSSR count). The first-order valence-electron chi connectivity index (χ1n) is 5.82. The van der Waals surface area contributed by atoms with Gasteiger partial charge in [-0.05, 0) is 17.7 Å². The Hall–Kier alpha value is -0.510. The van der Waals surface area contributed by atoms with Gasteiger partial charge in [0.25, 0.3) is 0 Å². The van der Waals surface area contributed by atoms with Gasteiger partial charge in [0.15, 0.2) is 0 Å². The summed E-state index contributed by atoms with van der Waals surface area (Å²) in [7, 11) is 0. The molecular formula is C13H21NOS. The maximum absolute atomic E-state index is 9.27. The van der Waals surface area contributed by atoms with E-state index in [1.165, 1.54) is 5.56 Å². The summed E-state index contributed by atoms with van der Waals surface area (Å²) < 4.78 is 0. The summed E-state index contributed by atoms with van der Waals surface area (Å²) in [5.41, 5.74) is 1.28. The second-order valence-corrected chi connectivity index (χ2v) is 5.11. The summed E-state index contributed by atoms with van der Waals surface area (Å²) in [5.74, 6) is 2.27. The molecule has 0 heterocycles. The van der Waals surface area contributed by atoms with Gasteiger partial charge in [-0.15, -0.1) is 0 Å². The highest BCUT2D eigenvalue weighted by Crippen LogP contribution is 2.03. The molecule has 2 N–H and O–H groups in total. The number of hydrogen-bond donors (Lipinski definition) is 2. The third-order valence-electron chi connectivity index (χ3n) is 2.43. The van der Waals surface area contributed by atoms with Gasteiger partial charge < -0.3 is 10.4 Å². The largest absolute Gasteiger partial charge is 0.395 e. The SMILES string of the molecule is CCSCCNC(CO)Cc1ccccc1.